The van der Waals surface area contributed by atoms with Crippen molar-refractivity contribution in [3.05, 3.63) is 0 Å². The van der Waals surface area contributed by atoms with Gasteiger partial charge in [0.25, 0.3) is 0 Å². The number of hydrogen-bond acceptors (Lipinski definition) is 3. The molecule has 4 unspecified atom stereocenters. The molecule has 2 N–H and O–H groups in total. The van der Waals surface area contributed by atoms with Crippen LogP contribution in [-0.2, 0) is 4.74 Å². The summed E-state index contributed by atoms with van der Waals surface area (Å²) in [5.74, 6) is 1.58. The number of likely N-dealkylation sites (tertiary alicyclic amines) is 1. The molecule has 16 heavy (non-hydrogen) atoms. The van der Waals surface area contributed by atoms with Crippen LogP contribution in [-0.4, -0.2) is 43.8 Å². The number of nitrogens with zero attached hydrogens (tertiary/aromatic N) is 1. The second-order valence-corrected chi connectivity index (χ2v) is 5.75. The summed E-state index contributed by atoms with van der Waals surface area (Å²) in [5.41, 5.74) is 6.27. The van der Waals surface area contributed by atoms with E-state index < -0.39 is 0 Å². The van der Waals surface area contributed by atoms with Gasteiger partial charge in [-0.15, -0.1) is 0 Å². The molecule has 1 aliphatic carbocycles. The number of methoxy groups -OCH3 is 1. The molecule has 0 aromatic rings. The summed E-state index contributed by atoms with van der Waals surface area (Å²) < 4.78 is 5.25. The molecule has 2 fully saturated rings. The van der Waals surface area contributed by atoms with Gasteiger partial charge in [-0.1, -0.05) is 6.92 Å². The SMILES string of the molecule is COCC1CCN(C2CC(C)CCC2N)C1. The lowest BCUT2D eigenvalue weighted by atomic mass is 9.83. The number of rotatable bonds is 3. The Morgan fingerprint density at radius 2 is 2.12 bits per heavy atom. The van der Waals surface area contributed by atoms with Crippen molar-refractivity contribution in [3.8, 4) is 0 Å². The van der Waals surface area contributed by atoms with Crippen molar-refractivity contribution in [1.82, 2.24) is 4.90 Å². The van der Waals surface area contributed by atoms with Crippen molar-refractivity contribution in [2.24, 2.45) is 17.6 Å². The average Bonchev–Trinajstić information content (AvgIpc) is 2.71. The molecule has 0 bridgehead atoms. The maximum atomic E-state index is 6.27. The Labute approximate surface area is 99.3 Å². The minimum absolute atomic E-state index is 0.400. The zero-order valence-corrected chi connectivity index (χ0v) is 10.7. The zero-order valence-electron chi connectivity index (χ0n) is 10.7. The van der Waals surface area contributed by atoms with Gasteiger partial charge in [-0.25, -0.2) is 0 Å². The van der Waals surface area contributed by atoms with Gasteiger partial charge in [0.05, 0.1) is 6.61 Å². The summed E-state index contributed by atoms with van der Waals surface area (Å²) in [4.78, 5) is 2.62. The van der Waals surface area contributed by atoms with Gasteiger partial charge >= 0.3 is 0 Å². The molecular weight excluding hydrogens is 200 g/mol. The summed E-state index contributed by atoms with van der Waals surface area (Å²) in [6.07, 6.45) is 5.09. The van der Waals surface area contributed by atoms with Crippen molar-refractivity contribution in [2.45, 2.75) is 44.7 Å². The van der Waals surface area contributed by atoms with Crippen LogP contribution in [0.25, 0.3) is 0 Å². The van der Waals surface area contributed by atoms with E-state index in [1.807, 2.05) is 0 Å². The van der Waals surface area contributed by atoms with Crippen LogP contribution in [0.4, 0.5) is 0 Å². The zero-order chi connectivity index (χ0) is 11.5. The van der Waals surface area contributed by atoms with E-state index in [0.29, 0.717) is 12.1 Å². The predicted octanol–water partition coefficient (Wildman–Crippen LogP) is 1.47. The molecule has 0 radical (unpaired) electrons. The highest BCUT2D eigenvalue weighted by Gasteiger charge is 2.34. The molecule has 0 spiro atoms. The second kappa shape index (κ2) is 5.48. The predicted molar refractivity (Wildman–Crippen MR) is 66.3 cm³/mol. The summed E-state index contributed by atoms with van der Waals surface area (Å²) >= 11 is 0. The molecule has 2 rings (SSSR count). The molecule has 1 saturated carbocycles. The first kappa shape index (κ1) is 12.3. The first-order chi connectivity index (χ1) is 7.70. The van der Waals surface area contributed by atoms with Crippen LogP contribution in [0.5, 0.6) is 0 Å². The van der Waals surface area contributed by atoms with Crippen molar-refractivity contribution in [1.29, 1.82) is 0 Å². The minimum atomic E-state index is 0.400. The van der Waals surface area contributed by atoms with Crippen molar-refractivity contribution >= 4 is 0 Å². The molecule has 1 heterocycles. The van der Waals surface area contributed by atoms with E-state index in [9.17, 15) is 0 Å². The fraction of sp³-hybridized carbons (Fsp3) is 1.00. The van der Waals surface area contributed by atoms with E-state index in [1.54, 1.807) is 7.11 Å². The van der Waals surface area contributed by atoms with Crippen LogP contribution in [0, 0.1) is 11.8 Å². The lowest BCUT2D eigenvalue weighted by Gasteiger charge is -2.38. The summed E-state index contributed by atoms with van der Waals surface area (Å²) in [6, 6.07) is 1.03. The van der Waals surface area contributed by atoms with Crippen LogP contribution in [0.1, 0.15) is 32.6 Å². The third kappa shape index (κ3) is 2.76. The van der Waals surface area contributed by atoms with Gasteiger partial charge in [-0.2, -0.15) is 0 Å². The van der Waals surface area contributed by atoms with E-state index in [4.69, 9.17) is 10.5 Å². The summed E-state index contributed by atoms with van der Waals surface area (Å²) in [5, 5.41) is 0. The molecule has 0 amide bonds. The number of ether oxygens (including phenoxy) is 1. The van der Waals surface area contributed by atoms with Crippen LogP contribution in [0.15, 0.2) is 0 Å². The highest BCUT2D eigenvalue weighted by Crippen LogP contribution is 2.30. The molecule has 3 heteroatoms. The van der Waals surface area contributed by atoms with Gasteiger partial charge in [0.15, 0.2) is 0 Å². The molecular formula is C13H26N2O. The van der Waals surface area contributed by atoms with Crippen LogP contribution in [0.3, 0.4) is 0 Å². The van der Waals surface area contributed by atoms with Crippen molar-refractivity contribution in [2.75, 3.05) is 26.8 Å². The van der Waals surface area contributed by atoms with E-state index >= 15 is 0 Å². The molecule has 3 nitrogen and oxygen atoms in total. The first-order valence-corrected chi connectivity index (χ1v) is 6.69. The lowest BCUT2D eigenvalue weighted by Crippen LogP contribution is -2.50. The van der Waals surface area contributed by atoms with Crippen molar-refractivity contribution < 1.29 is 4.74 Å². The van der Waals surface area contributed by atoms with E-state index in [-0.39, 0.29) is 0 Å². The molecule has 2 aliphatic rings. The van der Waals surface area contributed by atoms with Gasteiger partial charge in [0.1, 0.15) is 0 Å². The van der Waals surface area contributed by atoms with E-state index in [2.05, 4.69) is 11.8 Å². The Kier molecular flexibility index (Phi) is 4.22. The fourth-order valence-corrected chi connectivity index (χ4v) is 3.33. The minimum Gasteiger partial charge on any atom is -0.384 e. The van der Waals surface area contributed by atoms with Crippen LogP contribution >= 0.6 is 0 Å². The normalized spacial score (nSPS) is 41.4. The van der Waals surface area contributed by atoms with Crippen LogP contribution in [0.2, 0.25) is 0 Å². The quantitative estimate of drug-likeness (QED) is 0.792. The molecule has 0 aromatic heterocycles. The average molecular weight is 226 g/mol. The summed E-state index contributed by atoms with van der Waals surface area (Å²) in [6.45, 7) is 5.69. The van der Waals surface area contributed by atoms with Gasteiger partial charge in [-0.05, 0) is 44.1 Å². The van der Waals surface area contributed by atoms with Crippen LogP contribution < -0.4 is 5.73 Å². The highest BCUT2D eigenvalue weighted by atomic mass is 16.5. The molecule has 94 valence electrons. The smallest absolute Gasteiger partial charge is 0.0503 e. The standard InChI is InChI=1S/C13H26N2O/c1-10-3-4-12(14)13(7-10)15-6-5-11(8-15)9-16-2/h10-13H,3-9,14H2,1-2H3. The topological polar surface area (TPSA) is 38.5 Å². The first-order valence-electron chi connectivity index (χ1n) is 6.69. The Morgan fingerprint density at radius 3 is 2.88 bits per heavy atom. The Bertz CT molecular complexity index is 222. The second-order valence-electron chi connectivity index (χ2n) is 5.75. The summed E-state index contributed by atoms with van der Waals surface area (Å²) in [7, 11) is 1.80. The molecule has 0 aromatic carbocycles. The maximum absolute atomic E-state index is 6.27. The third-order valence-electron chi connectivity index (χ3n) is 4.32. The lowest BCUT2D eigenvalue weighted by molar-refractivity contribution is 0.119. The Morgan fingerprint density at radius 1 is 1.31 bits per heavy atom. The third-order valence-corrected chi connectivity index (χ3v) is 4.32. The van der Waals surface area contributed by atoms with Gasteiger partial charge in [-0.3, -0.25) is 4.90 Å². The Hall–Kier alpha value is -0.120. The maximum Gasteiger partial charge on any atom is 0.0503 e. The fourth-order valence-electron chi connectivity index (χ4n) is 3.33. The molecule has 4 atom stereocenters. The molecule has 1 saturated heterocycles. The molecule has 1 aliphatic heterocycles. The van der Waals surface area contributed by atoms with Gasteiger partial charge < -0.3 is 10.5 Å². The van der Waals surface area contributed by atoms with Crippen molar-refractivity contribution in [3.63, 3.8) is 0 Å². The number of nitrogens with two attached hydrogens (primary N) is 1. The van der Waals surface area contributed by atoms with E-state index in [0.717, 1.165) is 18.4 Å². The Balaban J connectivity index is 1.87. The largest absolute Gasteiger partial charge is 0.384 e. The number of hydrogen-bond donors (Lipinski definition) is 1. The highest BCUT2D eigenvalue weighted by molar-refractivity contribution is 4.91. The van der Waals surface area contributed by atoms with E-state index in [1.165, 1.54) is 38.8 Å². The van der Waals surface area contributed by atoms with Gasteiger partial charge in [0, 0.05) is 25.7 Å². The monoisotopic (exact) mass is 226 g/mol. The van der Waals surface area contributed by atoms with Gasteiger partial charge in [0.2, 0.25) is 0 Å².